The number of aromatic hydroxyl groups is 8. The summed E-state index contributed by atoms with van der Waals surface area (Å²) >= 11 is 0. The molecule has 8 bridgehead atoms. The van der Waals surface area contributed by atoms with Crippen molar-refractivity contribution in [2.45, 2.75) is 155 Å². The number of nitrogens with one attached hydrogen (secondary N) is 4. The summed E-state index contributed by atoms with van der Waals surface area (Å²) in [4.78, 5) is 0. The van der Waals surface area contributed by atoms with Gasteiger partial charge in [-0.25, -0.2) is 0 Å². The zero-order valence-electron chi connectivity index (χ0n) is 49.1. The Balaban J connectivity index is 1.36. The lowest BCUT2D eigenvalue weighted by molar-refractivity contribution is 0.405. The van der Waals surface area contributed by atoms with Crippen molar-refractivity contribution >= 4 is 0 Å². The quantitative estimate of drug-likeness (QED) is 0.0273. The van der Waals surface area contributed by atoms with Crippen molar-refractivity contribution in [2.24, 2.45) is 0 Å². The molecule has 0 radical (unpaired) electrons. The highest BCUT2D eigenvalue weighted by molar-refractivity contribution is 5.68. The average molecular weight is 1130 g/mol. The lowest BCUT2D eigenvalue weighted by Crippen LogP contribution is -2.18. The molecule has 12 nitrogen and oxygen atoms in total. The molecule has 0 aromatic heterocycles. The Morgan fingerprint density at radius 1 is 0.250 bits per heavy atom. The van der Waals surface area contributed by atoms with Crippen LogP contribution in [0.1, 0.15) is 192 Å². The van der Waals surface area contributed by atoms with E-state index in [4.69, 9.17) is 0 Å². The van der Waals surface area contributed by atoms with E-state index in [1.807, 2.05) is 173 Å². The Morgan fingerprint density at radius 3 is 0.571 bits per heavy atom. The third-order valence-corrected chi connectivity index (χ3v) is 16.9. The van der Waals surface area contributed by atoms with Crippen LogP contribution in [-0.2, 0) is 52.4 Å². The molecule has 12 N–H and O–H groups in total. The Hall–Kier alpha value is -8.00. The van der Waals surface area contributed by atoms with Crippen LogP contribution in [0.15, 0.2) is 146 Å². The SMILES string of the molecule is CCCC1c2cc(c(O)c(CNCc3ccccc3)c2O)C(CCC)c2cc(c(O)c(CNCc3ccccc3)c2O)C(CCC)c2cc(c(O)c(CNCc3ccccc3)c2O)C(CCC)c2cc1c(O)c(CNCc1ccccc1)c2O. The van der Waals surface area contributed by atoms with Crippen LogP contribution in [-0.4, -0.2) is 40.9 Å². The maximum absolute atomic E-state index is 13.0. The van der Waals surface area contributed by atoms with Gasteiger partial charge in [0.2, 0.25) is 0 Å². The van der Waals surface area contributed by atoms with Gasteiger partial charge in [-0.15, -0.1) is 0 Å². The van der Waals surface area contributed by atoms with Crippen molar-refractivity contribution in [3.8, 4) is 46.0 Å². The first-order valence-electron chi connectivity index (χ1n) is 30.2. The zero-order chi connectivity index (χ0) is 59.3. The van der Waals surface area contributed by atoms with Crippen LogP contribution in [0.4, 0.5) is 0 Å². The largest absolute Gasteiger partial charge is 0.507 e. The fourth-order valence-electron chi connectivity index (χ4n) is 12.6. The van der Waals surface area contributed by atoms with Gasteiger partial charge >= 0.3 is 0 Å². The monoisotopic (exact) mass is 1130 g/mol. The van der Waals surface area contributed by atoms with Crippen LogP contribution in [0, 0.1) is 0 Å². The van der Waals surface area contributed by atoms with Gasteiger partial charge < -0.3 is 62.1 Å². The smallest absolute Gasteiger partial charge is 0.127 e. The predicted molar refractivity (Wildman–Crippen MR) is 334 cm³/mol. The molecule has 0 saturated heterocycles. The first kappa shape index (κ1) is 60.6. The summed E-state index contributed by atoms with van der Waals surface area (Å²) in [5.41, 5.74) is 8.62. The second-order valence-corrected chi connectivity index (χ2v) is 22.6. The minimum Gasteiger partial charge on any atom is -0.507 e. The van der Waals surface area contributed by atoms with Crippen molar-refractivity contribution < 1.29 is 40.9 Å². The molecular weight excluding hydrogens is 1050 g/mol. The summed E-state index contributed by atoms with van der Waals surface area (Å²) in [6, 6.07) is 46.8. The first-order chi connectivity index (χ1) is 40.9. The van der Waals surface area contributed by atoms with Crippen molar-refractivity contribution in [1.82, 2.24) is 21.3 Å². The first-order valence-corrected chi connectivity index (χ1v) is 30.2. The second kappa shape index (κ2) is 28.5. The molecule has 84 heavy (non-hydrogen) atoms. The third kappa shape index (κ3) is 13.3. The standard InChI is InChI=1S/C72H84N4O8/c1-5-21-49-53-33-55(67(79)61(65(53)77)41-73-37-45-25-13-9-14-26-45)50(22-6-2)57-35-59(71(83)63(69(57)81)43-75-39-47-29-17-11-18-30-47)52(24-8-4)60-36-58(70(82)64(72(60)84)44-76-40-48-31-19-12-20-32-48)51(23-7-3)56-34-54(49)66(78)62(68(56)80)42-74-38-46-27-15-10-16-28-46/h9-20,25-36,49-52,73-84H,5-8,21-24,37-44H2,1-4H3. The number of hydrogen-bond acceptors (Lipinski definition) is 12. The molecule has 440 valence electrons. The van der Waals surface area contributed by atoms with Gasteiger partial charge in [-0.1, -0.05) is 175 Å². The fourth-order valence-corrected chi connectivity index (χ4v) is 12.6. The van der Waals surface area contributed by atoms with Gasteiger partial charge in [-0.2, -0.15) is 0 Å². The summed E-state index contributed by atoms with van der Waals surface area (Å²) < 4.78 is 0. The van der Waals surface area contributed by atoms with E-state index in [9.17, 15) is 40.9 Å². The van der Waals surface area contributed by atoms with E-state index in [0.717, 1.165) is 22.3 Å². The highest BCUT2D eigenvalue weighted by Gasteiger charge is 2.37. The molecule has 0 amide bonds. The van der Waals surface area contributed by atoms with Gasteiger partial charge in [0.25, 0.3) is 0 Å². The molecule has 12 heteroatoms. The molecule has 0 spiro atoms. The normalized spacial score (nSPS) is 15.8. The van der Waals surface area contributed by atoms with Crippen molar-refractivity contribution in [2.75, 3.05) is 0 Å². The predicted octanol–water partition coefficient (Wildman–Crippen LogP) is 14.5. The Morgan fingerprint density at radius 2 is 0.417 bits per heavy atom. The topological polar surface area (TPSA) is 210 Å². The maximum Gasteiger partial charge on any atom is 0.127 e. The number of rotatable bonds is 24. The van der Waals surface area contributed by atoms with Crippen molar-refractivity contribution in [3.05, 3.63) is 235 Å². The van der Waals surface area contributed by atoms with Crippen molar-refractivity contribution in [3.63, 3.8) is 0 Å². The van der Waals surface area contributed by atoms with Gasteiger partial charge in [0, 0.05) is 121 Å². The van der Waals surface area contributed by atoms with E-state index in [1.165, 1.54) is 0 Å². The zero-order valence-corrected chi connectivity index (χ0v) is 49.1. The minimum atomic E-state index is -0.718. The van der Waals surface area contributed by atoms with Gasteiger partial charge in [0.1, 0.15) is 46.0 Å². The highest BCUT2D eigenvalue weighted by Crippen LogP contribution is 2.55. The van der Waals surface area contributed by atoms with E-state index in [1.54, 1.807) is 0 Å². The molecule has 1 aliphatic carbocycles. The summed E-state index contributed by atoms with van der Waals surface area (Å²) in [6.07, 6.45) is 4.14. The molecule has 9 rings (SSSR count). The van der Waals surface area contributed by atoms with E-state index >= 15 is 0 Å². The van der Waals surface area contributed by atoms with Crippen LogP contribution in [0.5, 0.6) is 46.0 Å². The van der Waals surface area contributed by atoms with Gasteiger partial charge in [0.05, 0.1) is 22.3 Å². The minimum absolute atomic E-state index is 0.0565. The summed E-state index contributed by atoms with van der Waals surface area (Å²) in [5.74, 6) is -4.04. The molecular formula is C72H84N4O8. The van der Waals surface area contributed by atoms with Crippen LogP contribution in [0.3, 0.4) is 0 Å². The number of fused-ring (bicyclic) bond motifs is 8. The van der Waals surface area contributed by atoms with Gasteiger partial charge in [-0.3, -0.25) is 0 Å². The highest BCUT2D eigenvalue weighted by atomic mass is 16.3. The average Bonchev–Trinajstić information content (AvgIpc) is 2.39. The molecule has 0 heterocycles. The molecule has 0 saturated carbocycles. The molecule has 0 atom stereocenters. The lowest BCUT2D eigenvalue weighted by Gasteiger charge is -2.31. The number of hydrogen-bond donors (Lipinski definition) is 12. The maximum atomic E-state index is 13.0. The molecule has 0 unspecified atom stereocenters. The Kier molecular flexibility index (Phi) is 20.6. The second-order valence-electron chi connectivity index (χ2n) is 22.6. The van der Waals surface area contributed by atoms with Gasteiger partial charge in [-0.05, 0) is 72.2 Å². The van der Waals surface area contributed by atoms with Crippen LogP contribution < -0.4 is 21.3 Å². The van der Waals surface area contributed by atoms with Crippen LogP contribution in [0.25, 0.3) is 0 Å². The lowest BCUT2D eigenvalue weighted by atomic mass is 9.75. The molecule has 0 aliphatic heterocycles. The van der Waals surface area contributed by atoms with Gasteiger partial charge in [0.15, 0.2) is 0 Å². The summed E-state index contributed by atoms with van der Waals surface area (Å²) in [5, 5.41) is 118. The number of phenols is 8. The van der Waals surface area contributed by atoms with Crippen LogP contribution in [0.2, 0.25) is 0 Å². The molecule has 0 fully saturated rings. The van der Waals surface area contributed by atoms with Crippen LogP contribution >= 0.6 is 0 Å². The fraction of sp³-hybridized carbons (Fsp3) is 0.333. The Bertz CT molecular complexity index is 2900. The van der Waals surface area contributed by atoms with E-state index in [-0.39, 0.29) is 94.4 Å². The van der Waals surface area contributed by atoms with E-state index in [2.05, 4.69) is 21.3 Å². The summed E-state index contributed by atoms with van der Waals surface area (Å²) in [7, 11) is 0. The molecule has 1 aliphatic rings. The number of phenolic OH excluding ortho intramolecular Hbond substituents is 8. The molecule has 8 aromatic carbocycles. The number of benzene rings is 8. The van der Waals surface area contributed by atoms with E-state index < -0.39 is 23.7 Å². The van der Waals surface area contributed by atoms with E-state index in [0.29, 0.717) is 122 Å². The Labute approximate surface area is 495 Å². The third-order valence-electron chi connectivity index (χ3n) is 16.9. The molecule has 8 aromatic rings. The summed E-state index contributed by atoms with van der Waals surface area (Å²) in [6.45, 7) is 10.1. The van der Waals surface area contributed by atoms with Crippen molar-refractivity contribution in [1.29, 1.82) is 0 Å².